The molecule has 3 aliphatic carbocycles. The maximum absolute atomic E-state index is 14.7. The number of aryl methyl sites for hydroxylation is 1. The number of carbonyl (C=O) groups is 3. The monoisotopic (exact) mass is 593 g/mol. The van der Waals surface area contributed by atoms with Crippen LogP contribution in [0.25, 0.3) is 5.76 Å². The van der Waals surface area contributed by atoms with Gasteiger partial charge in [-0.1, -0.05) is 33.8 Å². The first-order valence-corrected chi connectivity index (χ1v) is 14.4. The molecule has 0 aromatic heterocycles. The lowest BCUT2D eigenvalue weighted by Crippen LogP contribution is -2.80. The number of carbonyl (C=O) groups excluding carboxylic acids is 3. The third-order valence-corrected chi connectivity index (χ3v) is 9.00. The van der Waals surface area contributed by atoms with Crippen molar-refractivity contribution in [2.75, 3.05) is 14.1 Å². The SMILES string of the molecule is CCc1cc(C(C)(C)C)c(O)c2c1C[C@@]1(N)C[C@@]3(N)[C@H](N(C)C)C(=O)C(C(=O)NC(C)(C)C)=C(O)[C@@]3(C#N)C(=O)C1=C2O. The van der Waals surface area contributed by atoms with Gasteiger partial charge in [-0.25, -0.2) is 0 Å². The lowest BCUT2D eigenvalue weighted by molar-refractivity contribution is -0.139. The van der Waals surface area contributed by atoms with Crippen molar-refractivity contribution in [1.82, 2.24) is 10.2 Å². The number of nitrogens with one attached hydrogen (secondary N) is 1. The van der Waals surface area contributed by atoms with Gasteiger partial charge < -0.3 is 32.1 Å². The number of nitrogens with two attached hydrogens (primary N) is 2. The maximum atomic E-state index is 14.7. The topological polar surface area (TPSA) is 203 Å². The van der Waals surface area contributed by atoms with Crippen molar-refractivity contribution in [3.05, 3.63) is 45.2 Å². The molecule has 0 radical (unpaired) electrons. The van der Waals surface area contributed by atoms with Crippen LogP contribution in [0.4, 0.5) is 0 Å². The first kappa shape index (κ1) is 32.2. The number of amides is 1. The van der Waals surface area contributed by atoms with E-state index >= 15 is 0 Å². The van der Waals surface area contributed by atoms with Crippen molar-refractivity contribution >= 4 is 23.2 Å². The fraction of sp³-hybridized carbons (Fsp3) is 0.562. The van der Waals surface area contributed by atoms with E-state index in [1.54, 1.807) is 20.8 Å². The molecule has 0 heterocycles. The average molecular weight is 594 g/mol. The summed E-state index contributed by atoms with van der Waals surface area (Å²) in [6, 6.07) is 2.32. The smallest absolute Gasteiger partial charge is 0.258 e. The largest absolute Gasteiger partial charge is 0.509 e. The summed E-state index contributed by atoms with van der Waals surface area (Å²) in [5.74, 6) is -4.86. The number of aliphatic hydroxyl groups excluding tert-OH is 2. The number of phenols is 1. The van der Waals surface area contributed by atoms with E-state index in [0.717, 1.165) is 5.56 Å². The summed E-state index contributed by atoms with van der Waals surface area (Å²) in [7, 11) is 3.05. The van der Waals surface area contributed by atoms with Crippen molar-refractivity contribution in [2.24, 2.45) is 16.9 Å². The van der Waals surface area contributed by atoms with Gasteiger partial charge in [-0.2, -0.15) is 5.26 Å². The number of aromatic hydroxyl groups is 1. The van der Waals surface area contributed by atoms with Gasteiger partial charge in [0.1, 0.15) is 22.8 Å². The van der Waals surface area contributed by atoms with Gasteiger partial charge in [0.25, 0.3) is 5.91 Å². The van der Waals surface area contributed by atoms with Gasteiger partial charge in [0, 0.05) is 11.1 Å². The van der Waals surface area contributed by atoms with Crippen molar-refractivity contribution in [3.8, 4) is 11.8 Å². The van der Waals surface area contributed by atoms with Crippen molar-refractivity contribution in [1.29, 1.82) is 5.26 Å². The van der Waals surface area contributed by atoms with Gasteiger partial charge in [-0.05, 0) is 70.7 Å². The van der Waals surface area contributed by atoms with E-state index in [0.29, 0.717) is 17.5 Å². The average Bonchev–Trinajstić information content (AvgIpc) is 2.81. The molecule has 0 unspecified atom stereocenters. The number of phenolic OH excluding ortho intramolecular Hbond substituents is 1. The molecule has 4 rings (SSSR count). The van der Waals surface area contributed by atoms with Crippen LogP contribution in [-0.2, 0) is 32.6 Å². The molecular formula is C32H43N5O6. The number of nitriles is 1. The van der Waals surface area contributed by atoms with E-state index < -0.39 is 68.1 Å². The minimum atomic E-state index is -2.66. The fourth-order valence-electron chi connectivity index (χ4n) is 7.24. The lowest BCUT2D eigenvalue weighted by atomic mass is 9.47. The quantitative estimate of drug-likeness (QED) is 0.282. The lowest BCUT2D eigenvalue weighted by Gasteiger charge is -2.58. The molecule has 0 saturated heterocycles. The van der Waals surface area contributed by atoms with E-state index in [1.807, 2.05) is 39.8 Å². The number of likely N-dealkylation sites (N-methyl/N-ethyl adjacent to an activating group) is 1. The highest BCUT2D eigenvalue weighted by Gasteiger charge is 2.74. The van der Waals surface area contributed by atoms with Crippen LogP contribution in [0, 0.1) is 16.7 Å². The molecule has 1 amide bonds. The third kappa shape index (κ3) is 4.30. The summed E-state index contributed by atoms with van der Waals surface area (Å²) >= 11 is 0. The Morgan fingerprint density at radius 1 is 1.14 bits per heavy atom. The number of hydrogen-bond acceptors (Lipinski definition) is 10. The van der Waals surface area contributed by atoms with E-state index in [2.05, 4.69) is 5.32 Å². The minimum absolute atomic E-state index is 0.0364. The van der Waals surface area contributed by atoms with E-state index in [4.69, 9.17) is 11.5 Å². The highest BCUT2D eigenvalue weighted by atomic mass is 16.3. The van der Waals surface area contributed by atoms with Crippen LogP contribution in [0.15, 0.2) is 23.0 Å². The molecule has 1 saturated carbocycles. The van der Waals surface area contributed by atoms with Gasteiger partial charge in [-0.15, -0.1) is 0 Å². The molecule has 1 aromatic carbocycles. The van der Waals surface area contributed by atoms with Crippen LogP contribution in [0.1, 0.15) is 77.1 Å². The summed E-state index contributed by atoms with van der Waals surface area (Å²) in [5, 5.41) is 48.3. The number of ketones is 2. The first-order chi connectivity index (χ1) is 19.5. The Kier molecular flexibility index (Phi) is 7.22. The van der Waals surface area contributed by atoms with Crippen molar-refractivity contribution in [2.45, 2.75) is 95.8 Å². The molecule has 0 bridgehead atoms. The van der Waals surface area contributed by atoms with Crippen LogP contribution < -0.4 is 16.8 Å². The Bertz CT molecular complexity index is 1570. The zero-order valence-corrected chi connectivity index (χ0v) is 26.4. The van der Waals surface area contributed by atoms with Crippen LogP contribution in [0.5, 0.6) is 5.75 Å². The van der Waals surface area contributed by atoms with Crippen molar-refractivity contribution < 1.29 is 29.7 Å². The van der Waals surface area contributed by atoms with E-state index in [9.17, 15) is 35.0 Å². The predicted octanol–water partition coefficient (Wildman–Crippen LogP) is 2.19. The number of hydrogen-bond donors (Lipinski definition) is 6. The summed E-state index contributed by atoms with van der Waals surface area (Å²) in [4.78, 5) is 43.5. The Hall–Kier alpha value is -3.72. The Morgan fingerprint density at radius 3 is 2.19 bits per heavy atom. The second kappa shape index (κ2) is 9.64. The van der Waals surface area contributed by atoms with Crippen LogP contribution >= 0.6 is 0 Å². The molecule has 8 N–H and O–H groups in total. The molecule has 3 aliphatic rings. The summed E-state index contributed by atoms with van der Waals surface area (Å²) in [6.45, 7) is 12.7. The fourth-order valence-corrected chi connectivity index (χ4v) is 7.24. The zero-order valence-electron chi connectivity index (χ0n) is 26.4. The molecule has 0 spiro atoms. The summed E-state index contributed by atoms with van der Waals surface area (Å²) < 4.78 is 0. The first-order valence-electron chi connectivity index (χ1n) is 14.4. The van der Waals surface area contributed by atoms with Gasteiger partial charge in [0.2, 0.25) is 0 Å². The zero-order chi connectivity index (χ0) is 32.8. The molecule has 43 heavy (non-hydrogen) atoms. The van der Waals surface area contributed by atoms with Gasteiger partial charge in [0.15, 0.2) is 17.0 Å². The summed E-state index contributed by atoms with van der Waals surface area (Å²) in [6.07, 6.45) is 0.115. The van der Waals surface area contributed by atoms with E-state index in [1.165, 1.54) is 19.0 Å². The predicted molar refractivity (Wildman–Crippen MR) is 161 cm³/mol. The normalized spacial score (nSPS) is 29.2. The number of rotatable bonds is 3. The molecule has 1 fully saturated rings. The van der Waals surface area contributed by atoms with Crippen LogP contribution in [0.3, 0.4) is 0 Å². The molecule has 4 atom stereocenters. The highest BCUT2D eigenvalue weighted by Crippen LogP contribution is 2.59. The highest BCUT2D eigenvalue weighted by molar-refractivity contribution is 6.26. The number of Topliss-reactive ketones (excluding diaryl/α,β-unsaturated/α-hetero) is 2. The molecule has 232 valence electrons. The van der Waals surface area contributed by atoms with Gasteiger partial charge in [-0.3, -0.25) is 19.3 Å². The molecule has 11 nitrogen and oxygen atoms in total. The molecule has 11 heteroatoms. The number of benzene rings is 1. The number of nitrogens with zero attached hydrogens (tertiary/aromatic N) is 2. The second-order valence-corrected chi connectivity index (χ2v) is 14.5. The van der Waals surface area contributed by atoms with Crippen molar-refractivity contribution in [3.63, 3.8) is 0 Å². The van der Waals surface area contributed by atoms with Crippen LogP contribution in [0.2, 0.25) is 0 Å². The third-order valence-electron chi connectivity index (χ3n) is 9.00. The Labute approximate surface area is 252 Å². The maximum Gasteiger partial charge on any atom is 0.258 e. The van der Waals surface area contributed by atoms with Crippen LogP contribution in [-0.4, -0.2) is 74.4 Å². The van der Waals surface area contributed by atoms with E-state index in [-0.39, 0.29) is 29.7 Å². The Balaban J connectivity index is 2.13. The standard InChI is InChI=1S/C32H43N5O6/c1-10-15-11-17(28(2,3)4)21(38)18-16(15)12-30(34)13-32(35)24(37(8)9)23(40)19(27(43)36-29(5,6)7)25(41)31(32,14-33)26(42)20(30)22(18)39/h11,24,38-39,41H,10,12-13,34-35H2,1-9H3,(H,36,43)/t24-,30-,31+,32-/m1/s1. The molecule has 1 aromatic rings. The Morgan fingerprint density at radius 2 is 1.72 bits per heavy atom. The summed E-state index contributed by atoms with van der Waals surface area (Å²) in [5.41, 5.74) is 6.95. The minimum Gasteiger partial charge on any atom is -0.509 e. The molecule has 0 aliphatic heterocycles. The number of fused-ring (bicyclic) bond motifs is 3. The molecular weight excluding hydrogens is 550 g/mol. The van der Waals surface area contributed by atoms with Gasteiger partial charge >= 0.3 is 0 Å². The second-order valence-electron chi connectivity index (χ2n) is 14.5. The van der Waals surface area contributed by atoms with Gasteiger partial charge in [0.05, 0.1) is 34.3 Å². The number of aliphatic hydroxyl groups is 2.